The molecule has 558 valence electrons. The topological polar surface area (TPSA) is 237 Å². The minimum absolute atomic E-state index is 0.106. The summed E-state index contributed by atoms with van der Waals surface area (Å²) < 4.78 is 68.4. The predicted molar refractivity (Wildman–Crippen MR) is 381 cm³/mol. The zero-order chi connectivity index (χ0) is 69.6. The third-order valence-electron chi connectivity index (χ3n) is 17.7. The summed E-state index contributed by atoms with van der Waals surface area (Å²) in [5.74, 6) is 0.881. The molecule has 0 heterocycles. The van der Waals surface area contributed by atoms with Crippen LogP contribution >= 0.6 is 15.6 Å². The van der Waals surface area contributed by atoms with Crippen molar-refractivity contribution in [1.29, 1.82) is 0 Å². The second-order valence-electron chi connectivity index (χ2n) is 28.7. The second kappa shape index (κ2) is 64.4. The molecule has 0 saturated heterocycles. The van der Waals surface area contributed by atoms with E-state index in [1.165, 1.54) is 167 Å². The number of ether oxygens (including phenoxy) is 4. The molecular formula is C75H146O17P2. The van der Waals surface area contributed by atoms with E-state index < -0.39 is 97.5 Å². The van der Waals surface area contributed by atoms with E-state index in [0.717, 1.165) is 115 Å². The molecular weight excluding hydrogens is 1230 g/mol. The van der Waals surface area contributed by atoms with Gasteiger partial charge in [0.05, 0.1) is 26.4 Å². The highest BCUT2D eigenvalue weighted by Gasteiger charge is 2.30. The monoisotopic (exact) mass is 1380 g/mol. The van der Waals surface area contributed by atoms with E-state index >= 15 is 0 Å². The lowest BCUT2D eigenvalue weighted by molar-refractivity contribution is -0.161. The number of aliphatic hydroxyl groups is 1. The Kier molecular flexibility index (Phi) is 63.1. The Bertz CT molecular complexity index is 1850. The summed E-state index contributed by atoms with van der Waals surface area (Å²) in [4.78, 5) is 72.7. The van der Waals surface area contributed by atoms with Crippen LogP contribution in [0.5, 0.6) is 0 Å². The Hall–Kier alpha value is -1.94. The van der Waals surface area contributed by atoms with Crippen LogP contribution in [-0.4, -0.2) is 96.7 Å². The number of aliphatic hydroxyl groups excluding tert-OH is 1. The number of esters is 4. The van der Waals surface area contributed by atoms with Crippen LogP contribution in [0, 0.1) is 23.7 Å². The molecule has 94 heavy (non-hydrogen) atoms. The van der Waals surface area contributed by atoms with Gasteiger partial charge in [0.25, 0.3) is 0 Å². The fourth-order valence-electron chi connectivity index (χ4n) is 11.3. The molecule has 0 fully saturated rings. The summed E-state index contributed by atoms with van der Waals surface area (Å²) in [7, 11) is -9.91. The third kappa shape index (κ3) is 67.3. The van der Waals surface area contributed by atoms with E-state index in [-0.39, 0.29) is 25.7 Å². The van der Waals surface area contributed by atoms with Crippen molar-refractivity contribution in [3.05, 3.63) is 0 Å². The molecule has 0 aliphatic rings. The van der Waals surface area contributed by atoms with Gasteiger partial charge in [0, 0.05) is 25.7 Å². The highest BCUT2D eigenvalue weighted by atomic mass is 31.2. The first-order valence-electron chi connectivity index (χ1n) is 38.7. The third-order valence-corrected chi connectivity index (χ3v) is 19.6. The van der Waals surface area contributed by atoms with E-state index in [9.17, 15) is 43.2 Å². The van der Waals surface area contributed by atoms with Crippen LogP contribution in [0.15, 0.2) is 0 Å². The molecule has 17 nitrogen and oxygen atoms in total. The first-order valence-corrected chi connectivity index (χ1v) is 41.7. The highest BCUT2D eigenvalue weighted by Crippen LogP contribution is 2.45. The maximum Gasteiger partial charge on any atom is 0.472 e. The molecule has 0 radical (unpaired) electrons. The van der Waals surface area contributed by atoms with Gasteiger partial charge in [0.15, 0.2) is 12.2 Å². The molecule has 0 spiro atoms. The predicted octanol–water partition coefficient (Wildman–Crippen LogP) is 21.7. The lowest BCUT2D eigenvalue weighted by atomic mass is 9.99. The van der Waals surface area contributed by atoms with Crippen LogP contribution in [0.25, 0.3) is 0 Å². The molecule has 0 rings (SSSR count). The highest BCUT2D eigenvalue weighted by molar-refractivity contribution is 7.47. The molecule has 3 unspecified atom stereocenters. The van der Waals surface area contributed by atoms with E-state index in [2.05, 4.69) is 55.4 Å². The maximum absolute atomic E-state index is 13.0. The lowest BCUT2D eigenvalue weighted by Gasteiger charge is -2.21. The molecule has 0 saturated carbocycles. The number of hydrogen-bond donors (Lipinski definition) is 3. The van der Waals surface area contributed by atoms with Crippen molar-refractivity contribution in [2.45, 2.75) is 395 Å². The number of hydrogen-bond acceptors (Lipinski definition) is 15. The molecule has 0 aromatic heterocycles. The van der Waals surface area contributed by atoms with E-state index in [4.69, 9.17) is 37.0 Å². The number of phosphoric acid groups is 2. The minimum atomic E-state index is -4.95. The lowest BCUT2D eigenvalue weighted by Crippen LogP contribution is -2.30. The van der Waals surface area contributed by atoms with Crippen molar-refractivity contribution in [3.63, 3.8) is 0 Å². The van der Waals surface area contributed by atoms with Crippen LogP contribution in [0.4, 0.5) is 0 Å². The van der Waals surface area contributed by atoms with E-state index in [1.54, 1.807) is 0 Å². The summed E-state index contributed by atoms with van der Waals surface area (Å²) in [5, 5.41) is 10.6. The fraction of sp³-hybridized carbons (Fsp3) is 0.947. The van der Waals surface area contributed by atoms with Gasteiger partial charge in [-0.1, -0.05) is 325 Å². The number of rotatable bonds is 72. The first-order chi connectivity index (χ1) is 45.1. The van der Waals surface area contributed by atoms with Crippen LogP contribution in [0.3, 0.4) is 0 Å². The molecule has 0 bridgehead atoms. The van der Waals surface area contributed by atoms with Crippen molar-refractivity contribution in [3.8, 4) is 0 Å². The average Bonchev–Trinajstić information content (AvgIpc) is 1.27. The molecule has 0 aromatic rings. The Balaban J connectivity index is 5.17. The van der Waals surface area contributed by atoms with Crippen molar-refractivity contribution < 1.29 is 80.2 Å². The summed E-state index contributed by atoms with van der Waals surface area (Å²) >= 11 is 0. The summed E-state index contributed by atoms with van der Waals surface area (Å²) in [5.41, 5.74) is 0. The molecule has 0 aromatic carbocycles. The van der Waals surface area contributed by atoms with Crippen LogP contribution in [0.1, 0.15) is 376 Å². The standard InChI is InChI=1S/C75H146O17P2/c1-9-68(8)54-46-38-28-24-20-16-13-14-18-22-26-30-42-50-58-75(80)92-71(62-86-73(78)56-48-40-34-32-37-45-53-67(6)7)64-90-94(83,84)88-60-69(76)59-87-93(81,82)89-63-70(61-85-72(77)55-47-39-33-31-36-44-52-66(4)5)91-74(79)57-49-41-29-25-21-17-12-10-11-15-19-23-27-35-43-51-65(2)3/h65-71,76H,9-64H2,1-8H3,(H,81,82)(H,83,84)/t68?,69-,70-,71-/m1/s1. The Morgan fingerprint density at radius 3 is 0.755 bits per heavy atom. The summed E-state index contributed by atoms with van der Waals surface area (Å²) in [6.07, 6.45) is 48.9. The fourth-order valence-corrected chi connectivity index (χ4v) is 12.9. The first kappa shape index (κ1) is 92.1. The van der Waals surface area contributed by atoms with Crippen LogP contribution in [-0.2, 0) is 65.4 Å². The Labute approximate surface area is 575 Å². The summed E-state index contributed by atoms with van der Waals surface area (Å²) in [6, 6.07) is 0. The zero-order valence-electron chi connectivity index (χ0n) is 61.6. The van der Waals surface area contributed by atoms with E-state index in [0.29, 0.717) is 37.5 Å². The molecule has 3 N–H and O–H groups in total. The largest absolute Gasteiger partial charge is 0.472 e. The second-order valence-corrected chi connectivity index (χ2v) is 31.6. The molecule has 0 amide bonds. The van der Waals surface area contributed by atoms with Crippen molar-refractivity contribution >= 4 is 39.5 Å². The normalized spacial score (nSPS) is 14.4. The molecule has 6 atom stereocenters. The quantitative estimate of drug-likeness (QED) is 0.0222. The Morgan fingerprint density at radius 1 is 0.298 bits per heavy atom. The number of phosphoric ester groups is 2. The number of carbonyl (C=O) groups is 4. The zero-order valence-corrected chi connectivity index (χ0v) is 63.4. The SMILES string of the molecule is CCC(C)CCCCCCCCCCCCCCCCC(=O)O[C@H](COC(=O)CCCCCCCCC(C)C)COP(=O)(O)OC[C@H](O)COP(=O)(O)OC[C@@H](COC(=O)CCCCCCCCC(C)C)OC(=O)CCCCCCCCCCCCCCCCCC(C)C. The van der Waals surface area contributed by atoms with Gasteiger partial charge < -0.3 is 33.8 Å². The number of unbranched alkanes of at least 4 members (excludes halogenated alkanes) is 37. The maximum atomic E-state index is 13.0. The van der Waals surface area contributed by atoms with Crippen molar-refractivity contribution in [2.75, 3.05) is 39.6 Å². The number of carbonyl (C=O) groups excluding carboxylic acids is 4. The van der Waals surface area contributed by atoms with Crippen LogP contribution < -0.4 is 0 Å². The van der Waals surface area contributed by atoms with Gasteiger partial charge in [0.1, 0.15) is 19.3 Å². The van der Waals surface area contributed by atoms with Crippen LogP contribution in [0.2, 0.25) is 0 Å². The van der Waals surface area contributed by atoms with E-state index in [1.807, 2.05) is 0 Å². The van der Waals surface area contributed by atoms with Crippen molar-refractivity contribution in [1.82, 2.24) is 0 Å². The molecule has 19 heteroatoms. The van der Waals surface area contributed by atoms with Gasteiger partial charge >= 0.3 is 39.5 Å². The Morgan fingerprint density at radius 2 is 0.511 bits per heavy atom. The van der Waals surface area contributed by atoms with Gasteiger partial charge in [-0.15, -0.1) is 0 Å². The van der Waals surface area contributed by atoms with Crippen molar-refractivity contribution in [2.24, 2.45) is 23.7 Å². The smallest absolute Gasteiger partial charge is 0.462 e. The van der Waals surface area contributed by atoms with Gasteiger partial charge in [-0.2, -0.15) is 0 Å². The average molecular weight is 1380 g/mol. The molecule has 0 aliphatic heterocycles. The van der Waals surface area contributed by atoms with Gasteiger partial charge in [-0.25, -0.2) is 9.13 Å². The van der Waals surface area contributed by atoms with Gasteiger partial charge in [-0.05, 0) is 49.4 Å². The van der Waals surface area contributed by atoms with Gasteiger partial charge in [0.2, 0.25) is 0 Å². The molecule has 0 aliphatic carbocycles. The minimum Gasteiger partial charge on any atom is -0.462 e. The van der Waals surface area contributed by atoms with Gasteiger partial charge in [-0.3, -0.25) is 37.3 Å². The summed E-state index contributed by atoms with van der Waals surface area (Å²) in [6.45, 7) is 14.1.